The van der Waals surface area contributed by atoms with Gasteiger partial charge in [-0.2, -0.15) is 0 Å². The fraction of sp³-hybridized carbons (Fsp3) is 0.500. The molecule has 6 heteroatoms. The second-order valence-electron chi connectivity index (χ2n) is 6.05. The predicted molar refractivity (Wildman–Crippen MR) is 89.1 cm³/mol. The summed E-state index contributed by atoms with van der Waals surface area (Å²) in [6.07, 6.45) is 1.62. The highest BCUT2D eigenvalue weighted by Crippen LogP contribution is 2.28. The summed E-state index contributed by atoms with van der Waals surface area (Å²) in [5.74, 6) is 1.09. The molecule has 0 N–H and O–H groups in total. The van der Waals surface area contributed by atoms with Crippen LogP contribution in [-0.4, -0.2) is 40.8 Å². The maximum absolute atomic E-state index is 11.8. The lowest BCUT2D eigenvalue weighted by Crippen LogP contribution is -2.38. The molecule has 128 valence electrons. The van der Waals surface area contributed by atoms with Gasteiger partial charge >= 0.3 is 5.97 Å². The van der Waals surface area contributed by atoms with Gasteiger partial charge in [-0.05, 0) is 51.9 Å². The van der Waals surface area contributed by atoms with Gasteiger partial charge < -0.3 is 9.15 Å². The number of hydrogen-bond acceptors (Lipinski definition) is 6. The number of nitrogens with zero attached hydrogens (tertiary/aromatic N) is 3. The highest BCUT2D eigenvalue weighted by molar-refractivity contribution is 5.72. The number of hydrogen-bond donors (Lipinski definition) is 0. The maximum Gasteiger partial charge on any atom is 0.309 e. The lowest BCUT2D eigenvalue weighted by atomic mass is 9.96. The molecule has 0 aliphatic carbocycles. The van der Waals surface area contributed by atoms with Crippen molar-refractivity contribution in [2.45, 2.75) is 32.7 Å². The topological polar surface area (TPSA) is 68.5 Å². The summed E-state index contributed by atoms with van der Waals surface area (Å²) in [6, 6.07) is 9.79. The molecule has 0 bridgehead atoms. The van der Waals surface area contributed by atoms with Crippen molar-refractivity contribution >= 4 is 5.97 Å². The van der Waals surface area contributed by atoms with Gasteiger partial charge in [0.1, 0.15) is 0 Å². The standard InChI is InChI=1S/C18H23N3O3/c1-3-23-18(22)15-9-11-21(12-10-15)13(2)16-19-20-17(24-16)14-7-5-4-6-8-14/h4-8,13,15H,3,9-12H2,1-2H3. The van der Waals surface area contributed by atoms with E-state index < -0.39 is 0 Å². The van der Waals surface area contributed by atoms with Gasteiger partial charge in [-0.25, -0.2) is 0 Å². The van der Waals surface area contributed by atoms with Gasteiger partial charge in [-0.15, -0.1) is 10.2 Å². The number of ether oxygens (including phenoxy) is 1. The minimum absolute atomic E-state index is 0.0102. The van der Waals surface area contributed by atoms with Crippen LogP contribution in [0.25, 0.3) is 11.5 Å². The second kappa shape index (κ2) is 7.57. The number of carbonyl (C=O) groups is 1. The normalized spacial score (nSPS) is 17.6. The van der Waals surface area contributed by atoms with Crippen molar-refractivity contribution in [3.05, 3.63) is 36.2 Å². The Morgan fingerprint density at radius 2 is 2.00 bits per heavy atom. The average molecular weight is 329 g/mol. The van der Waals surface area contributed by atoms with Crippen LogP contribution in [-0.2, 0) is 9.53 Å². The Hall–Kier alpha value is -2.21. The molecule has 2 aromatic rings. The Balaban J connectivity index is 1.61. The molecule has 3 rings (SSSR count). The minimum atomic E-state index is -0.0750. The van der Waals surface area contributed by atoms with Gasteiger partial charge in [0.2, 0.25) is 11.8 Å². The Bertz CT molecular complexity index is 663. The predicted octanol–water partition coefficient (Wildman–Crippen LogP) is 3.07. The van der Waals surface area contributed by atoms with E-state index in [1.807, 2.05) is 37.3 Å². The minimum Gasteiger partial charge on any atom is -0.466 e. The van der Waals surface area contributed by atoms with Gasteiger partial charge in [-0.1, -0.05) is 18.2 Å². The number of aromatic nitrogens is 2. The number of rotatable bonds is 5. The Labute approximate surface area is 141 Å². The van der Waals surface area contributed by atoms with E-state index >= 15 is 0 Å². The van der Waals surface area contributed by atoms with E-state index in [9.17, 15) is 4.79 Å². The zero-order chi connectivity index (χ0) is 16.9. The van der Waals surface area contributed by atoms with E-state index in [4.69, 9.17) is 9.15 Å². The van der Waals surface area contributed by atoms with Crippen LogP contribution in [0.1, 0.15) is 38.6 Å². The molecule has 0 radical (unpaired) electrons. The molecule has 0 amide bonds. The van der Waals surface area contributed by atoms with Crippen molar-refractivity contribution in [2.24, 2.45) is 5.92 Å². The van der Waals surface area contributed by atoms with Crippen molar-refractivity contribution in [1.82, 2.24) is 15.1 Å². The lowest BCUT2D eigenvalue weighted by Gasteiger charge is -2.33. The van der Waals surface area contributed by atoms with Crippen molar-refractivity contribution in [3.63, 3.8) is 0 Å². The third-order valence-electron chi connectivity index (χ3n) is 4.52. The van der Waals surface area contributed by atoms with Crippen molar-refractivity contribution < 1.29 is 13.9 Å². The number of likely N-dealkylation sites (tertiary alicyclic amines) is 1. The number of esters is 1. The Kier molecular flexibility index (Phi) is 5.25. The van der Waals surface area contributed by atoms with Crippen LogP contribution in [0.3, 0.4) is 0 Å². The molecule has 1 saturated heterocycles. The molecular weight excluding hydrogens is 306 g/mol. The quantitative estimate of drug-likeness (QED) is 0.785. The van der Waals surface area contributed by atoms with Crippen LogP contribution in [0.2, 0.25) is 0 Å². The van der Waals surface area contributed by atoms with Gasteiger partial charge in [0.25, 0.3) is 0 Å². The lowest BCUT2D eigenvalue weighted by molar-refractivity contribution is -0.149. The largest absolute Gasteiger partial charge is 0.466 e. The van der Waals surface area contributed by atoms with Crippen LogP contribution in [0.15, 0.2) is 34.7 Å². The Morgan fingerprint density at radius 1 is 1.29 bits per heavy atom. The number of carbonyl (C=O) groups excluding carboxylic acids is 1. The van der Waals surface area contributed by atoms with Crippen LogP contribution in [0, 0.1) is 5.92 Å². The summed E-state index contributed by atoms with van der Waals surface area (Å²) in [7, 11) is 0. The molecule has 1 aromatic carbocycles. The maximum atomic E-state index is 11.8. The van der Waals surface area contributed by atoms with Crippen LogP contribution in [0.5, 0.6) is 0 Å². The first-order chi connectivity index (χ1) is 11.7. The number of benzene rings is 1. The molecule has 1 aliphatic heterocycles. The monoisotopic (exact) mass is 329 g/mol. The summed E-state index contributed by atoms with van der Waals surface area (Å²) in [5.41, 5.74) is 0.921. The molecule has 0 saturated carbocycles. The van der Waals surface area contributed by atoms with Crippen LogP contribution < -0.4 is 0 Å². The van der Waals surface area contributed by atoms with Gasteiger partial charge in [-0.3, -0.25) is 9.69 Å². The molecule has 2 heterocycles. The zero-order valence-electron chi connectivity index (χ0n) is 14.1. The summed E-state index contributed by atoms with van der Waals surface area (Å²) < 4.78 is 11.0. The molecule has 1 fully saturated rings. The molecular formula is C18H23N3O3. The molecule has 1 aliphatic rings. The fourth-order valence-corrected chi connectivity index (χ4v) is 3.04. The first kappa shape index (κ1) is 16.6. The number of piperidine rings is 1. The molecule has 24 heavy (non-hydrogen) atoms. The van der Waals surface area contributed by atoms with E-state index in [0.717, 1.165) is 31.5 Å². The highest BCUT2D eigenvalue weighted by Gasteiger charge is 2.30. The van der Waals surface area contributed by atoms with Crippen LogP contribution >= 0.6 is 0 Å². The first-order valence-corrected chi connectivity index (χ1v) is 8.48. The Morgan fingerprint density at radius 3 is 2.67 bits per heavy atom. The zero-order valence-corrected chi connectivity index (χ0v) is 14.1. The third kappa shape index (κ3) is 3.64. The summed E-state index contributed by atoms with van der Waals surface area (Å²) in [5, 5.41) is 8.35. The molecule has 0 spiro atoms. The van der Waals surface area contributed by atoms with Crippen molar-refractivity contribution in [2.75, 3.05) is 19.7 Å². The molecule has 1 aromatic heterocycles. The highest BCUT2D eigenvalue weighted by atomic mass is 16.5. The van der Waals surface area contributed by atoms with Gasteiger partial charge in [0.15, 0.2) is 0 Å². The average Bonchev–Trinajstić information content (AvgIpc) is 3.12. The molecule has 6 nitrogen and oxygen atoms in total. The first-order valence-electron chi connectivity index (χ1n) is 8.48. The fourth-order valence-electron chi connectivity index (χ4n) is 3.04. The van der Waals surface area contributed by atoms with E-state index in [0.29, 0.717) is 18.4 Å². The van der Waals surface area contributed by atoms with Crippen molar-refractivity contribution in [1.29, 1.82) is 0 Å². The third-order valence-corrected chi connectivity index (χ3v) is 4.52. The van der Waals surface area contributed by atoms with Gasteiger partial charge in [0.05, 0.1) is 18.6 Å². The smallest absolute Gasteiger partial charge is 0.309 e. The van der Waals surface area contributed by atoms with E-state index in [1.165, 1.54) is 0 Å². The van der Waals surface area contributed by atoms with E-state index in [1.54, 1.807) is 0 Å². The molecule has 1 atom stereocenters. The summed E-state index contributed by atoms with van der Waals surface area (Å²) in [6.45, 7) is 6.00. The van der Waals surface area contributed by atoms with E-state index in [2.05, 4.69) is 22.0 Å². The van der Waals surface area contributed by atoms with E-state index in [-0.39, 0.29) is 17.9 Å². The molecule has 1 unspecified atom stereocenters. The van der Waals surface area contributed by atoms with Crippen LogP contribution in [0.4, 0.5) is 0 Å². The SMILES string of the molecule is CCOC(=O)C1CCN(C(C)c2nnc(-c3ccccc3)o2)CC1. The summed E-state index contributed by atoms with van der Waals surface area (Å²) >= 11 is 0. The van der Waals surface area contributed by atoms with Crippen molar-refractivity contribution in [3.8, 4) is 11.5 Å². The van der Waals surface area contributed by atoms with Gasteiger partial charge in [0, 0.05) is 5.56 Å². The second-order valence-corrected chi connectivity index (χ2v) is 6.05. The summed E-state index contributed by atoms with van der Waals surface area (Å²) in [4.78, 5) is 14.1.